The van der Waals surface area contributed by atoms with Gasteiger partial charge in [-0.1, -0.05) is 24.6 Å². The second-order valence-corrected chi connectivity index (χ2v) is 6.35. The molecule has 4 nitrogen and oxygen atoms in total. The van der Waals surface area contributed by atoms with Crippen LogP contribution in [-0.4, -0.2) is 33.2 Å². The highest BCUT2D eigenvalue weighted by Crippen LogP contribution is 2.37. The molecule has 1 aromatic heterocycles. The molecule has 2 fully saturated rings. The van der Waals surface area contributed by atoms with E-state index in [1.165, 1.54) is 25.7 Å². The highest BCUT2D eigenvalue weighted by molar-refractivity contribution is 5.82. The standard InChI is InChI=1S/C17H21N3O/c21-17(19-10-4-9-15(19)13-6-3-7-13)12-20-16-8-2-1-5-14(16)11-18-20/h1-2,5,8,11,13,15H,3-4,6-7,9-10,12H2. The molecular formula is C17H21N3O. The Morgan fingerprint density at radius 3 is 2.86 bits per heavy atom. The summed E-state index contributed by atoms with van der Waals surface area (Å²) >= 11 is 0. The zero-order chi connectivity index (χ0) is 14.2. The first-order valence-corrected chi connectivity index (χ1v) is 8.03. The van der Waals surface area contributed by atoms with E-state index in [2.05, 4.69) is 10.00 Å². The van der Waals surface area contributed by atoms with Gasteiger partial charge in [0.2, 0.25) is 5.91 Å². The van der Waals surface area contributed by atoms with E-state index in [9.17, 15) is 4.79 Å². The van der Waals surface area contributed by atoms with Crippen molar-refractivity contribution in [2.24, 2.45) is 5.92 Å². The van der Waals surface area contributed by atoms with E-state index in [-0.39, 0.29) is 5.91 Å². The lowest BCUT2D eigenvalue weighted by molar-refractivity contribution is -0.134. The molecule has 1 aliphatic heterocycles. The second-order valence-electron chi connectivity index (χ2n) is 6.35. The molecule has 1 aliphatic carbocycles. The smallest absolute Gasteiger partial charge is 0.244 e. The maximum absolute atomic E-state index is 12.7. The molecule has 1 atom stereocenters. The van der Waals surface area contributed by atoms with E-state index in [1.807, 2.05) is 35.1 Å². The minimum atomic E-state index is 0.234. The molecule has 110 valence electrons. The predicted octanol–water partition coefficient (Wildman–Crippen LogP) is 2.83. The van der Waals surface area contributed by atoms with Crippen LogP contribution in [0.25, 0.3) is 10.9 Å². The Labute approximate surface area is 124 Å². The molecule has 1 aromatic carbocycles. The summed E-state index contributed by atoms with van der Waals surface area (Å²) in [4.78, 5) is 14.8. The zero-order valence-electron chi connectivity index (χ0n) is 12.2. The SMILES string of the molecule is O=C(Cn1ncc2ccccc21)N1CCCC1C1CCC1. The van der Waals surface area contributed by atoms with Crippen molar-refractivity contribution in [3.8, 4) is 0 Å². The first kappa shape index (κ1) is 12.9. The number of carbonyl (C=O) groups excluding carboxylic acids is 1. The van der Waals surface area contributed by atoms with Gasteiger partial charge < -0.3 is 4.90 Å². The molecule has 4 heteroatoms. The number of amides is 1. The number of hydrogen-bond donors (Lipinski definition) is 0. The van der Waals surface area contributed by atoms with E-state index in [0.717, 1.165) is 29.8 Å². The minimum Gasteiger partial charge on any atom is -0.338 e. The Hall–Kier alpha value is -1.84. The highest BCUT2D eigenvalue weighted by atomic mass is 16.2. The van der Waals surface area contributed by atoms with Crippen LogP contribution in [-0.2, 0) is 11.3 Å². The number of benzene rings is 1. The lowest BCUT2D eigenvalue weighted by atomic mass is 9.79. The minimum absolute atomic E-state index is 0.234. The van der Waals surface area contributed by atoms with Gasteiger partial charge >= 0.3 is 0 Å². The molecule has 1 saturated heterocycles. The number of hydrogen-bond acceptors (Lipinski definition) is 2. The van der Waals surface area contributed by atoms with Crippen molar-refractivity contribution in [3.05, 3.63) is 30.5 Å². The summed E-state index contributed by atoms with van der Waals surface area (Å²) in [6.45, 7) is 1.30. The molecule has 21 heavy (non-hydrogen) atoms. The molecule has 0 spiro atoms. The number of aromatic nitrogens is 2. The van der Waals surface area contributed by atoms with Crippen molar-refractivity contribution >= 4 is 16.8 Å². The summed E-state index contributed by atoms with van der Waals surface area (Å²) in [5.41, 5.74) is 1.05. The van der Waals surface area contributed by atoms with Crippen LogP contribution < -0.4 is 0 Å². The van der Waals surface area contributed by atoms with Gasteiger partial charge in [-0.2, -0.15) is 5.10 Å². The summed E-state index contributed by atoms with van der Waals surface area (Å²) in [6, 6.07) is 8.56. The predicted molar refractivity (Wildman–Crippen MR) is 81.8 cm³/mol. The monoisotopic (exact) mass is 283 g/mol. The first-order chi connectivity index (χ1) is 10.3. The summed E-state index contributed by atoms with van der Waals surface area (Å²) in [6.07, 6.45) is 8.14. The summed E-state index contributed by atoms with van der Waals surface area (Å²) in [5.74, 6) is 0.990. The third-order valence-corrected chi connectivity index (χ3v) is 5.15. The van der Waals surface area contributed by atoms with Gasteiger partial charge in [-0.25, -0.2) is 0 Å². The summed E-state index contributed by atoms with van der Waals surface area (Å²) < 4.78 is 1.84. The Bertz CT molecular complexity index is 659. The van der Waals surface area contributed by atoms with Gasteiger partial charge in [0.1, 0.15) is 6.54 Å². The van der Waals surface area contributed by atoms with Crippen LogP contribution in [0.4, 0.5) is 0 Å². The molecule has 0 N–H and O–H groups in total. The van der Waals surface area contributed by atoms with Gasteiger partial charge in [-0.3, -0.25) is 9.48 Å². The van der Waals surface area contributed by atoms with Gasteiger partial charge in [-0.15, -0.1) is 0 Å². The van der Waals surface area contributed by atoms with Gasteiger partial charge in [-0.05, 0) is 37.7 Å². The van der Waals surface area contributed by atoms with Gasteiger partial charge in [0.05, 0.1) is 11.7 Å². The van der Waals surface area contributed by atoms with Crippen LogP contribution in [0.2, 0.25) is 0 Å². The Morgan fingerprint density at radius 1 is 1.19 bits per heavy atom. The van der Waals surface area contributed by atoms with Crippen molar-refractivity contribution in [1.82, 2.24) is 14.7 Å². The van der Waals surface area contributed by atoms with Crippen LogP contribution in [0, 0.1) is 5.92 Å². The van der Waals surface area contributed by atoms with Gasteiger partial charge in [0.25, 0.3) is 0 Å². The fourth-order valence-corrected chi connectivity index (χ4v) is 3.79. The maximum Gasteiger partial charge on any atom is 0.244 e. The Balaban J connectivity index is 1.52. The normalized spacial score (nSPS) is 22.7. The molecular weight excluding hydrogens is 262 g/mol. The van der Waals surface area contributed by atoms with E-state index in [0.29, 0.717) is 12.6 Å². The average Bonchev–Trinajstić information content (AvgIpc) is 3.05. The highest BCUT2D eigenvalue weighted by Gasteiger charge is 2.37. The fraction of sp³-hybridized carbons (Fsp3) is 0.529. The lowest BCUT2D eigenvalue weighted by Gasteiger charge is -2.37. The van der Waals surface area contributed by atoms with Crippen molar-refractivity contribution in [2.75, 3.05) is 6.54 Å². The van der Waals surface area contributed by atoms with Crippen molar-refractivity contribution in [1.29, 1.82) is 0 Å². The van der Waals surface area contributed by atoms with Crippen LogP contribution >= 0.6 is 0 Å². The second kappa shape index (κ2) is 5.17. The quantitative estimate of drug-likeness (QED) is 0.868. The summed E-state index contributed by atoms with van der Waals surface area (Å²) in [5, 5.41) is 5.48. The van der Waals surface area contributed by atoms with Crippen LogP contribution in [0.15, 0.2) is 30.5 Å². The molecule has 1 unspecified atom stereocenters. The number of nitrogens with zero attached hydrogens (tertiary/aromatic N) is 3. The molecule has 0 radical (unpaired) electrons. The number of carbonyl (C=O) groups is 1. The van der Waals surface area contributed by atoms with Crippen molar-refractivity contribution in [3.63, 3.8) is 0 Å². The average molecular weight is 283 g/mol. The molecule has 2 heterocycles. The molecule has 1 saturated carbocycles. The third-order valence-electron chi connectivity index (χ3n) is 5.15. The molecule has 2 aromatic rings. The number of fused-ring (bicyclic) bond motifs is 1. The van der Waals surface area contributed by atoms with Crippen LogP contribution in [0.5, 0.6) is 0 Å². The lowest BCUT2D eigenvalue weighted by Crippen LogP contribution is -2.43. The number of likely N-dealkylation sites (tertiary alicyclic amines) is 1. The van der Waals surface area contributed by atoms with E-state index >= 15 is 0 Å². The maximum atomic E-state index is 12.7. The topological polar surface area (TPSA) is 38.1 Å². The first-order valence-electron chi connectivity index (χ1n) is 8.03. The molecule has 2 aliphatic rings. The fourth-order valence-electron chi connectivity index (χ4n) is 3.79. The Kier molecular flexibility index (Phi) is 3.17. The van der Waals surface area contributed by atoms with E-state index in [4.69, 9.17) is 0 Å². The molecule has 1 amide bonds. The van der Waals surface area contributed by atoms with Crippen molar-refractivity contribution in [2.45, 2.75) is 44.7 Å². The number of rotatable bonds is 3. The van der Waals surface area contributed by atoms with Gasteiger partial charge in [0, 0.05) is 18.0 Å². The number of para-hydroxylation sites is 1. The Morgan fingerprint density at radius 2 is 2.05 bits per heavy atom. The van der Waals surface area contributed by atoms with Crippen LogP contribution in [0.3, 0.4) is 0 Å². The molecule has 0 bridgehead atoms. The van der Waals surface area contributed by atoms with Crippen molar-refractivity contribution < 1.29 is 4.79 Å². The largest absolute Gasteiger partial charge is 0.338 e. The van der Waals surface area contributed by atoms with E-state index in [1.54, 1.807) is 0 Å². The zero-order valence-corrected chi connectivity index (χ0v) is 12.2. The van der Waals surface area contributed by atoms with Gasteiger partial charge in [0.15, 0.2) is 0 Å². The summed E-state index contributed by atoms with van der Waals surface area (Å²) in [7, 11) is 0. The van der Waals surface area contributed by atoms with Crippen LogP contribution in [0.1, 0.15) is 32.1 Å². The molecule has 4 rings (SSSR count). The third kappa shape index (κ3) is 2.23. The van der Waals surface area contributed by atoms with E-state index < -0.39 is 0 Å².